The lowest BCUT2D eigenvalue weighted by Crippen LogP contribution is -2.37. The predicted octanol–water partition coefficient (Wildman–Crippen LogP) is 1.48. The van der Waals surface area contributed by atoms with Gasteiger partial charge in [-0.15, -0.1) is 11.3 Å². The number of hydrogen-bond donors (Lipinski definition) is 2. The van der Waals surface area contributed by atoms with Crippen molar-refractivity contribution in [2.24, 2.45) is 0 Å². The second-order valence-corrected chi connectivity index (χ2v) is 5.27. The standard InChI is InChI=1S/C12H13NO3S/c14-8-5-10(16-6-9(8)15)12-13-7-3-1-2-4-11(7)17-12/h1-4,8-10,14-15H,5-6H2/t8-,9+,10-/m0/s1. The largest absolute Gasteiger partial charge is 0.390 e. The van der Waals surface area contributed by atoms with Crippen LogP contribution in [0.3, 0.4) is 0 Å². The van der Waals surface area contributed by atoms with Gasteiger partial charge in [-0.05, 0) is 12.1 Å². The molecule has 0 saturated carbocycles. The number of benzene rings is 1. The van der Waals surface area contributed by atoms with Crippen molar-refractivity contribution in [3.8, 4) is 0 Å². The van der Waals surface area contributed by atoms with Gasteiger partial charge in [0.05, 0.1) is 22.9 Å². The molecule has 17 heavy (non-hydrogen) atoms. The van der Waals surface area contributed by atoms with E-state index in [1.54, 1.807) is 11.3 Å². The zero-order chi connectivity index (χ0) is 11.8. The minimum Gasteiger partial charge on any atom is -0.390 e. The molecule has 3 atom stereocenters. The molecule has 1 aliphatic heterocycles. The summed E-state index contributed by atoms with van der Waals surface area (Å²) in [6.45, 7) is 0.168. The molecule has 4 nitrogen and oxygen atoms in total. The Morgan fingerprint density at radius 1 is 1.24 bits per heavy atom. The van der Waals surface area contributed by atoms with Gasteiger partial charge < -0.3 is 14.9 Å². The van der Waals surface area contributed by atoms with Crippen LogP contribution in [-0.4, -0.2) is 34.0 Å². The van der Waals surface area contributed by atoms with E-state index in [-0.39, 0.29) is 12.7 Å². The Kier molecular flexibility index (Phi) is 2.84. The summed E-state index contributed by atoms with van der Waals surface area (Å²) >= 11 is 1.58. The molecule has 90 valence electrons. The number of ether oxygens (including phenoxy) is 1. The van der Waals surface area contributed by atoms with Gasteiger partial charge in [0, 0.05) is 6.42 Å². The molecule has 0 unspecified atom stereocenters. The minimum absolute atomic E-state index is 0.168. The molecule has 5 heteroatoms. The van der Waals surface area contributed by atoms with Crippen LogP contribution in [0, 0.1) is 0 Å². The lowest BCUT2D eigenvalue weighted by atomic mass is 10.0. The summed E-state index contributed by atoms with van der Waals surface area (Å²) in [5, 5.41) is 19.9. The van der Waals surface area contributed by atoms with Crippen LogP contribution in [0.5, 0.6) is 0 Å². The first-order chi connectivity index (χ1) is 8.24. The smallest absolute Gasteiger partial charge is 0.123 e. The van der Waals surface area contributed by atoms with Crippen LogP contribution in [0.1, 0.15) is 17.5 Å². The molecule has 0 bridgehead atoms. The zero-order valence-electron chi connectivity index (χ0n) is 9.11. The van der Waals surface area contributed by atoms with Gasteiger partial charge >= 0.3 is 0 Å². The molecule has 2 aromatic rings. The fourth-order valence-corrected chi connectivity index (χ4v) is 3.00. The van der Waals surface area contributed by atoms with E-state index >= 15 is 0 Å². The predicted molar refractivity (Wildman–Crippen MR) is 64.9 cm³/mol. The molecule has 1 saturated heterocycles. The maximum absolute atomic E-state index is 9.63. The van der Waals surface area contributed by atoms with Crippen molar-refractivity contribution in [2.75, 3.05) is 6.61 Å². The van der Waals surface area contributed by atoms with Crippen LogP contribution in [0.15, 0.2) is 24.3 Å². The van der Waals surface area contributed by atoms with Crippen LogP contribution in [0.25, 0.3) is 10.2 Å². The van der Waals surface area contributed by atoms with E-state index in [2.05, 4.69) is 4.98 Å². The van der Waals surface area contributed by atoms with Crippen molar-refractivity contribution < 1.29 is 14.9 Å². The van der Waals surface area contributed by atoms with Crippen molar-refractivity contribution in [3.05, 3.63) is 29.3 Å². The van der Waals surface area contributed by atoms with E-state index in [1.165, 1.54) is 0 Å². The molecule has 1 fully saturated rings. The van der Waals surface area contributed by atoms with Crippen LogP contribution in [0.2, 0.25) is 0 Å². The van der Waals surface area contributed by atoms with Gasteiger partial charge in [0.25, 0.3) is 0 Å². The van der Waals surface area contributed by atoms with E-state index in [0.29, 0.717) is 6.42 Å². The van der Waals surface area contributed by atoms with Crippen LogP contribution in [-0.2, 0) is 4.74 Å². The maximum Gasteiger partial charge on any atom is 0.123 e. The van der Waals surface area contributed by atoms with Crippen molar-refractivity contribution in [1.29, 1.82) is 0 Å². The Bertz CT molecular complexity index is 494. The Morgan fingerprint density at radius 3 is 2.82 bits per heavy atom. The van der Waals surface area contributed by atoms with Gasteiger partial charge in [-0.1, -0.05) is 12.1 Å². The molecule has 0 aliphatic carbocycles. The quantitative estimate of drug-likeness (QED) is 0.806. The van der Waals surface area contributed by atoms with Crippen molar-refractivity contribution >= 4 is 21.6 Å². The third kappa shape index (κ3) is 2.07. The number of aromatic nitrogens is 1. The molecule has 0 amide bonds. The SMILES string of the molecule is O[C@@H]1CO[C@H](c2nc3ccccc3s2)C[C@@H]1O. The summed E-state index contributed by atoms with van der Waals surface area (Å²) in [6, 6.07) is 7.91. The van der Waals surface area contributed by atoms with E-state index in [4.69, 9.17) is 4.74 Å². The molecule has 2 heterocycles. The number of para-hydroxylation sites is 1. The molecule has 2 N–H and O–H groups in total. The summed E-state index contributed by atoms with van der Waals surface area (Å²) in [4.78, 5) is 4.50. The Morgan fingerprint density at radius 2 is 2.06 bits per heavy atom. The molecule has 1 aromatic heterocycles. The highest BCUT2D eigenvalue weighted by Crippen LogP contribution is 2.33. The van der Waals surface area contributed by atoms with Crippen LogP contribution < -0.4 is 0 Å². The minimum atomic E-state index is -0.777. The van der Waals surface area contributed by atoms with Crippen LogP contribution >= 0.6 is 11.3 Å². The van der Waals surface area contributed by atoms with Gasteiger partial charge in [-0.2, -0.15) is 0 Å². The van der Waals surface area contributed by atoms with E-state index in [1.807, 2.05) is 24.3 Å². The summed E-state index contributed by atoms with van der Waals surface area (Å²) in [7, 11) is 0. The summed E-state index contributed by atoms with van der Waals surface area (Å²) in [6.07, 6.45) is -1.30. The van der Waals surface area contributed by atoms with E-state index in [0.717, 1.165) is 15.2 Å². The summed E-state index contributed by atoms with van der Waals surface area (Å²) < 4.78 is 6.63. The average Bonchev–Trinajstić information content (AvgIpc) is 2.76. The number of rotatable bonds is 1. The second kappa shape index (κ2) is 4.34. The number of nitrogens with zero attached hydrogens (tertiary/aromatic N) is 1. The van der Waals surface area contributed by atoms with Gasteiger partial charge in [0.15, 0.2) is 0 Å². The van der Waals surface area contributed by atoms with E-state index in [9.17, 15) is 10.2 Å². The first kappa shape index (κ1) is 11.1. The number of thiazole rings is 1. The third-order valence-electron chi connectivity index (χ3n) is 2.95. The first-order valence-corrected chi connectivity index (χ1v) is 6.39. The molecular weight excluding hydrogens is 238 g/mol. The zero-order valence-corrected chi connectivity index (χ0v) is 9.93. The third-order valence-corrected chi connectivity index (χ3v) is 4.08. The molecule has 3 rings (SSSR count). The van der Waals surface area contributed by atoms with Crippen molar-refractivity contribution in [2.45, 2.75) is 24.7 Å². The highest BCUT2D eigenvalue weighted by atomic mass is 32.1. The Balaban J connectivity index is 1.88. The molecule has 0 spiro atoms. The van der Waals surface area contributed by atoms with Crippen LogP contribution in [0.4, 0.5) is 0 Å². The van der Waals surface area contributed by atoms with E-state index < -0.39 is 12.2 Å². The average molecular weight is 251 g/mol. The molecule has 1 aromatic carbocycles. The van der Waals surface area contributed by atoms with Gasteiger partial charge in [-0.25, -0.2) is 4.98 Å². The lowest BCUT2D eigenvalue weighted by Gasteiger charge is -2.29. The fourth-order valence-electron chi connectivity index (χ4n) is 1.97. The van der Waals surface area contributed by atoms with Gasteiger partial charge in [0.2, 0.25) is 0 Å². The maximum atomic E-state index is 9.63. The first-order valence-electron chi connectivity index (χ1n) is 5.57. The normalized spacial score (nSPS) is 29.6. The Hall–Kier alpha value is -1.01. The topological polar surface area (TPSA) is 62.6 Å². The van der Waals surface area contributed by atoms with Crippen molar-refractivity contribution in [1.82, 2.24) is 4.98 Å². The monoisotopic (exact) mass is 251 g/mol. The molecule has 0 radical (unpaired) electrons. The number of hydrogen-bond acceptors (Lipinski definition) is 5. The summed E-state index contributed by atoms with van der Waals surface area (Å²) in [5.74, 6) is 0. The Labute approximate surface area is 102 Å². The molecule has 1 aliphatic rings. The van der Waals surface area contributed by atoms with Crippen molar-refractivity contribution in [3.63, 3.8) is 0 Å². The highest BCUT2D eigenvalue weighted by molar-refractivity contribution is 7.18. The number of aliphatic hydroxyl groups excluding tert-OH is 2. The molecular formula is C12H13NO3S. The van der Waals surface area contributed by atoms with Gasteiger partial charge in [-0.3, -0.25) is 0 Å². The fraction of sp³-hybridized carbons (Fsp3) is 0.417. The lowest BCUT2D eigenvalue weighted by molar-refractivity contribution is -0.122. The second-order valence-electron chi connectivity index (χ2n) is 4.21. The summed E-state index contributed by atoms with van der Waals surface area (Å²) in [5.41, 5.74) is 0.955. The highest BCUT2D eigenvalue weighted by Gasteiger charge is 2.30. The van der Waals surface area contributed by atoms with Gasteiger partial charge in [0.1, 0.15) is 17.2 Å². The number of aliphatic hydroxyl groups is 2. The number of fused-ring (bicyclic) bond motifs is 1.